The predicted octanol–water partition coefficient (Wildman–Crippen LogP) is 4.11. The van der Waals surface area contributed by atoms with E-state index in [-0.39, 0.29) is 12.3 Å². The number of imidazole rings is 1. The topological polar surface area (TPSA) is 51.9 Å². The van der Waals surface area contributed by atoms with E-state index in [1.165, 1.54) is 0 Å². The van der Waals surface area contributed by atoms with Crippen molar-refractivity contribution >= 4 is 46.0 Å². The lowest BCUT2D eigenvalue weighted by molar-refractivity contribution is -0.642. The zero-order valence-corrected chi connectivity index (χ0v) is 14.8. The molecule has 24 heavy (non-hydrogen) atoms. The van der Waals surface area contributed by atoms with Crippen LogP contribution in [0, 0.1) is 0 Å². The summed E-state index contributed by atoms with van der Waals surface area (Å²) in [6.07, 6.45) is 0.962. The van der Waals surface area contributed by atoms with Crippen LogP contribution in [0.5, 0.6) is 0 Å². The molecule has 0 atom stereocenters. The van der Waals surface area contributed by atoms with Crippen molar-refractivity contribution < 1.29 is 9.36 Å². The van der Waals surface area contributed by atoms with Crippen LogP contribution in [0.25, 0.3) is 11.0 Å². The summed E-state index contributed by atoms with van der Waals surface area (Å²) in [4.78, 5) is 12.7. The molecule has 0 saturated heterocycles. The number of rotatable bonds is 5. The Balaban J connectivity index is 2.02. The third kappa shape index (κ3) is 2.99. The molecule has 0 spiro atoms. The SMILES string of the molecule is CCCn1c(N)[n+](CC(=O)c2ccc(Cl)c(Cl)c2)c2ccccc21. The lowest BCUT2D eigenvalue weighted by Crippen LogP contribution is -2.40. The van der Waals surface area contributed by atoms with Crippen molar-refractivity contribution in [3.63, 3.8) is 0 Å². The van der Waals surface area contributed by atoms with E-state index in [2.05, 4.69) is 6.92 Å². The van der Waals surface area contributed by atoms with E-state index in [4.69, 9.17) is 28.9 Å². The van der Waals surface area contributed by atoms with E-state index < -0.39 is 0 Å². The lowest BCUT2D eigenvalue weighted by atomic mass is 10.1. The summed E-state index contributed by atoms with van der Waals surface area (Å²) in [5.41, 5.74) is 8.79. The van der Waals surface area contributed by atoms with Crippen molar-refractivity contribution in [2.45, 2.75) is 26.4 Å². The number of nitrogens with two attached hydrogens (primary N) is 1. The van der Waals surface area contributed by atoms with Crippen LogP contribution >= 0.6 is 23.2 Å². The highest BCUT2D eigenvalue weighted by molar-refractivity contribution is 6.42. The molecule has 0 aliphatic heterocycles. The molecule has 0 aliphatic carbocycles. The third-order valence-corrected chi connectivity index (χ3v) is 4.75. The Morgan fingerprint density at radius 1 is 1.17 bits per heavy atom. The first kappa shape index (κ1) is 16.8. The Bertz CT molecular complexity index is 918. The molecule has 0 fully saturated rings. The van der Waals surface area contributed by atoms with Gasteiger partial charge in [-0.2, -0.15) is 0 Å². The van der Waals surface area contributed by atoms with Gasteiger partial charge in [-0.25, -0.2) is 9.13 Å². The number of anilines is 1. The monoisotopic (exact) mass is 362 g/mol. The van der Waals surface area contributed by atoms with Gasteiger partial charge < -0.3 is 0 Å². The van der Waals surface area contributed by atoms with Gasteiger partial charge in [-0.05, 0) is 36.8 Å². The zero-order chi connectivity index (χ0) is 17.3. The van der Waals surface area contributed by atoms with E-state index in [1.807, 2.05) is 33.4 Å². The fraction of sp³-hybridized carbons (Fsp3) is 0.222. The van der Waals surface area contributed by atoms with Crippen molar-refractivity contribution in [3.05, 3.63) is 58.1 Å². The molecule has 0 amide bonds. The minimum absolute atomic E-state index is 0.0651. The maximum atomic E-state index is 12.7. The van der Waals surface area contributed by atoms with Gasteiger partial charge in [-0.1, -0.05) is 42.3 Å². The van der Waals surface area contributed by atoms with E-state index in [0.717, 1.165) is 24.0 Å². The van der Waals surface area contributed by atoms with Gasteiger partial charge in [-0.15, -0.1) is 0 Å². The number of halogens is 2. The van der Waals surface area contributed by atoms with Crippen molar-refractivity contribution in [3.8, 4) is 0 Å². The average molecular weight is 363 g/mol. The minimum atomic E-state index is -0.0651. The number of hydrogen-bond acceptors (Lipinski definition) is 2. The molecule has 2 aromatic carbocycles. The highest BCUT2D eigenvalue weighted by Gasteiger charge is 2.22. The number of para-hydroxylation sites is 2. The number of Topliss-reactive ketones (excluding diaryl/α,β-unsaturated/α-hetero) is 1. The number of nitrogens with zero attached hydrogens (tertiary/aromatic N) is 2. The van der Waals surface area contributed by atoms with Crippen LogP contribution in [-0.2, 0) is 13.1 Å². The molecule has 1 aromatic heterocycles. The maximum Gasteiger partial charge on any atom is 0.356 e. The fourth-order valence-corrected chi connectivity index (χ4v) is 3.14. The van der Waals surface area contributed by atoms with Gasteiger partial charge in [0.25, 0.3) is 0 Å². The maximum absolute atomic E-state index is 12.7. The molecule has 3 aromatic rings. The molecule has 0 saturated carbocycles. The molecule has 2 N–H and O–H groups in total. The summed E-state index contributed by atoms with van der Waals surface area (Å²) >= 11 is 11.9. The van der Waals surface area contributed by atoms with Crippen molar-refractivity contribution in [2.24, 2.45) is 0 Å². The fourth-order valence-electron chi connectivity index (χ4n) is 2.84. The molecule has 1 heterocycles. The largest absolute Gasteiger partial charge is 0.356 e. The number of nitrogen functional groups attached to an aromatic ring is 1. The molecule has 0 bridgehead atoms. The van der Waals surface area contributed by atoms with E-state index in [0.29, 0.717) is 21.6 Å². The molecule has 124 valence electrons. The Labute approximate surface area is 150 Å². The molecule has 4 nitrogen and oxygen atoms in total. The van der Waals surface area contributed by atoms with Crippen molar-refractivity contribution in [1.29, 1.82) is 0 Å². The predicted molar refractivity (Wildman–Crippen MR) is 97.6 cm³/mol. The van der Waals surface area contributed by atoms with Crippen molar-refractivity contribution in [2.75, 3.05) is 5.73 Å². The molecule has 3 rings (SSSR count). The van der Waals surface area contributed by atoms with Gasteiger partial charge in [0.2, 0.25) is 0 Å². The summed E-state index contributed by atoms with van der Waals surface area (Å²) in [6.45, 7) is 3.06. The van der Waals surface area contributed by atoms with Crippen LogP contribution in [0.15, 0.2) is 42.5 Å². The molecular formula is C18H18Cl2N3O+. The Morgan fingerprint density at radius 3 is 2.62 bits per heavy atom. The number of carbonyl (C=O) groups excluding carboxylic acids is 1. The van der Waals surface area contributed by atoms with Crippen LogP contribution in [0.1, 0.15) is 23.7 Å². The molecule has 0 aliphatic rings. The Morgan fingerprint density at radius 2 is 1.92 bits per heavy atom. The molecule has 0 unspecified atom stereocenters. The first-order valence-corrected chi connectivity index (χ1v) is 8.53. The highest BCUT2D eigenvalue weighted by Crippen LogP contribution is 2.23. The molecule has 0 radical (unpaired) electrons. The third-order valence-electron chi connectivity index (χ3n) is 4.01. The Kier molecular flexibility index (Phi) is 4.78. The summed E-state index contributed by atoms with van der Waals surface area (Å²) in [7, 11) is 0. The standard InChI is InChI=1S/C18H17Cl2N3O/c1-2-9-22-15-5-3-4-6-16(15)23(18(22)21)11-17(24)12-7-8-13(19)14(20)10-12/h3-8,10,21H,2,9,11H2,1H3/p+1. The number of fused-ring (bicyclic) bond motifs is 1. The van der Waals surface area contributed by atoms with E-state index in [9.17, 15) is 4.79 Å². The van der Waals surface area contributed by atoms with Crippen molar-refractivity contribution in [1.82, 2.24) is 4.57 Å². The highest BCUT2D eigenvalue weighted by atomic mass is 35.5. The van der Waals surface area contributed by atoms with Gasteiger partial charge in [-0.3, -0.25) is 10.5 Å². The minimum Gasteiger partial charge on any atom is -0.291 e. The van der Waals surface area contributed by atoms with Gasteiger partial charge >= 0.3 is 5.95 Å². The zero-order valence-electron chi connectivity index (χ0n) is 13.3. The normalized spacial score (nSPS) is 11.1. The van der Waals surface area contributed by atoms with Gasteiger partial charge in [0.1, 0.15) is 17.6 Å². The number of hydrogen-bond donors (Lipinski definition) is 1. The molecular weight excluding hydrogens is 345 g/mol. The second kappa shape index (κ2) is 6.83. The second-order valence-electron chi connectivity index (χ2n) is 5.64. The molecule has 6 heteroatoms. The van der Waals surface area contributed by atoms with Gasteiger partial charge in [0.15, 0.2) is 5.78 Å². The van der Waals surface area contributed by atoms with Crippen LogP contribution < -0.4 is 10.3 Å². The smallest absolute Gasteiger partial charge is 0.291 e. The van der Waals surface area contributed by atoms with Gasteiger partial charge in [0.05, 0.1) is 16.6 Å². The number of ketones is 1. The number of aryl methyl sites for hydroxylation is 1. The van der Waals surface area contributed by atoms with Gasteiger partial charge in [0, 0.05) is 5.56 Å². The second-order valence-corrected chi connectivity index (χ2v) is 6.45. The van der Waals surface area contributed by atoms with Crippen LogP contribution in [-0.4, -0.2) is 10.4 Å². The Hall–Kier alpha value is -2.04. The first-order chi connectivity index (χ1) is 11.5. The van der Waals surface area contributed by atoms with E-state index in [1.54, 1.807) is 18.2 Å². The van der Waals surface area contributed by atoms with Crippen LogP contribution in [0.3, 0.4) is 0 Å². The lowest BCUT2D eigenvalue weighted by Gasteiger charge is -2.03. The summed E-state index contributed by atoms with van der Waals surface area (Å²) in [5, 5.41) is 0.800. The van der Waals surface area contributed by atoms with E-state index >= 15 is 0 Å². The summed E-state index contributed by atoms with van der Waals surface area (Å²) in [6, 6.07) is 12.8. The quantitative estimate of drug-likeness (QED) is 0.548. The van der Waals surface area contributed by atoms with Crippen LogP contribution in [0.4, 0.5) is 5.95 Å². The number of carbonyl (C=O) groups is 1. The average Bonchev–Trinajstić information content (AvgIpc) is 2.83. The van der Waals surface area contributed by atoms with Crippen LogP contribution in [0.2, 0.25) is 10.0 Å². The summed E-state index contributed by atoms with van der Waals surface area (Å²) < 4.78 is 3.88. The first-order valence-electron chi connectivity index (χ1n) is 7.77. The number of aromatic nitrogens is 2. The summed E-state index contributed by atoms with van der Waals surface area (Å²) in [5.74, 6) is 0.510. The number of benzene rings is 2.